The third kappa shape index (κ3) is 11.0. The fourth-order valence-electron chi connectivity index (χ4n) is 3.73. The molecule has 0 spiro atoms. The molecule has 19 heteroatoms. The standard InChI is InChI=1S/C14H30O15P4/c1-24-30(16,17)27-32(20,21)29-33(22,23)28-31(18,19)25-10-14-13(15)9-12(26-14)8-11-6-4-2-3-5-7-11/h11-15H,2-10H2,1H3,(H,16,17)(H,18,19)(H,20,21)(H,22,23)/t12-,13?,14+/m0/s1. The van der Waals surface area contributed by atoms with Crippen LogP contribution in [0.5, 0.6) is 0 Å². The molecule has 1 heterocycles. The third-order valence-corrected chi connectivity index (χ3v) is 11.0. The molecule has 15 nitrogen and oxygen atoms in total. The Morgan fingerprint density at radius 3 is 1.88 bits per heavy atom. The Bertz CT molecular complexity index is 827. The molecule has 0 radical (unpaired) electrons. The van der Waals surface area contributed by atoms with Crippen molar-refractivity contribution in [3.05, 3.63) is 0 Å². The molecule has 196 valence electrons. The first-order valence-corrected chi connectivity index (χ1v) is 16.1. The second kappa shape index (κ2) is 12.1. The number of rotatable bonds is 12. The van der Waals surface area contributed by atoms with E-state index in [1.54, 1.807) is 0 Å². The van der Waals surface area contributed by atoms with Gasteiger partial charge in [-0.15, -0.1) is 0 Å². The third-order valence-electron chi connectivity index (χ3n) is 5.12. The monoisotopic (exact) mass is 562 g/mol. The highest BCUT2D eigenvalue weighted by molar-refractivity contribution is 7.69. The molecule has 5 N–H and O–H groups in total. The van der Waals surface area contributed by atoms with Crippen molar-refractivity contribution in [2.24, 2.45) is 5.92 Å². The van der Waals surface area contributed by atoms with Gasteiger partial charge in [0, 0.05) is 13.5 Å². The molecule has 33 heavy (non-hydrogen) atoms. The molecule has 1 saturated carbocycles. The van der Waals surface area contributed by atoms with Crippen molar-refractivity contribution < 1.29 is 69.7 Å². The number of ether oxygens (including phenoxy) is 1. The van der Waals surface area contributed by atoms with Gasteiger partial charge in [0.2, 0.25) is 0 Å². The molecular formula is C14H30O15P4. The first kappa shape index (κ1) is 29.7. The second-order valence-electron chi connectivity index (χ2n) is 7.79. The van der Waals surface area contributed by atoms with E-state index in [0.717, 1.165) is 32.1 Å². The van der Waals surface area contributed by atoms with Crippen LogP contribution in [0.2, 0.25) is 0 Å². The molecule has 0 aromatic carbocycles. The fourth-order valence-corrected chi connectivity index (χ4v) is 8.43. The van der Waals surface area contributed by atoms with Crippen molar-refractivity contribution in [3.8, 4) is 0 Å². The van der Waals surface area contributed by atoms with E-state index in [1.165, 1.54) is 12.8 Å². The maximum Gasteiger partial charge on any atom is 0.490 e. The zero-order valence-electron chi connectivity index (χ0n) is 17.8. The molecule has 0 bridgehead atoms. The number of hydrogen-bond acceptors (Lipinski definition) is 11. The summed E-state index contributed by atoms with van der Waals surface area (Å²) in [6.07, 6.45) is 5.47. The van der Waals surface area contributed by atoms with Gasteiger partial charge in [-0.1, -0.05) is 38.5 Å². The Hall–Kier alpha value is 0.480. The average molecular weight is 562 g/mol. The number of aliphatic hydroxyl groups excluding tert-OH is 1. The summed E-state index contributed by atoms with van der Waals surface area (Å²) in [5.74, 6) is 0.456. The molecule has 5 unspecified atom stereocenters. The maximum atomic E-state index is 12.0. The van der Waals surface area contributed by atoms with Gasteiger partial charge in [-0.3, -0.25) is 9.05 Å². The van der Waals surface area contributed by atoms with Crippen LogP contribution in [0.4, 0.5) is 0 Å². The number of phosphoric ester groups is 2. The molecule has 2 rings (SSSR count). The van der Waals surface area contributed by atoms with Crippen LogP contribution in [0.25, 0.3) is 0 Å². The lowest BCUT2D eigenvalue weighted by molar-refractivity contribution is -0.0274. The Morgan fingerprint density at radius 2 is 1.33 bits per heavy atom. The molecule has 0 aromatic rings. The van der Waals surface area contributed by atoms with Gasteiger partial charge in [0.1, 0.15) is 6.10 Å². The smallest absolute Gasteiger partial charge is 0.390 e. The average Bonchev–Trinajstić information content (AvgIpc) is 2.82. The molecule has 2 fully saturated rings. The van der Waals surface area contributed by atoms with Crippen LogP contribution in [-0.4, -0.2) is 56.7 Å². The summed E-state index contributed by atoms with van der Waals surface area (Å²) in [5.41, 5.74) is 0. The molecule has 0 amide bonds. The van der Waals surface area contributed by atoms with Crippen molar-refractivity contribution in [2.45, 2.75) is 69.7 Å². The van der Waals surface area contributed by atoms with Gasteiger partial charge in [0.25, 0.3) is 0 Å². The first-order valence-electron chi connectivity index (χ1n) is 10.1. The van der Waals surface area contributed by atoms with Crippen LogP contribution in [0, 0.1) is 5.92 Å². The largest absolute Gasteiger partial charge is 0.490 e. The summed E-state index contributed by atoms with van der Waals surface area (Å²) in [7, 11) is -21.4. The van der Waals surface area contributed by atoms with Crippen LogP contribution in [0.1, 0.15) is 51.4 Å². The van der Waals surface area contributed by atoms with Gasteiger partial charge >= 0.3 is 31.3 Å². The highest BCUT2D eigenvalue weighted by atomic mass is 31.3. The van der Waals surface area contributed by atoms with E-state index in [1.807, 2.05) is 0 Å². The van der Waals surface area contributed by atoms with E-state index in [4.69, 9.17) is 9.63 Å². The number of hydrogen-bond donors (Lipinski definition) is 5. The van der Waals surface area contributed by atoms with Crippen molar-refractivity contribution in [1.82, 2.24) is 0 Å². The van der Waals surface area contributed by atoms with Gasteiger partial charge < -0.3 is 29.4 Å². The summed E-state index contributed by atoms with van der Waals surface area (Å²) in [6, 6.07) is 0. The van der Waals surface area contributed by atoms with Crippen molar-refractivity contribution >= 4 is 31.3 Å². The molecule has 1 aliphatic carbocycles. The Morgan fingerprint density at radius 1 is 0.818 bits per heavy atom. The molecule has 7 atom stereocenters. The quantitative estimate of drug-likeness (QED) is 0.170. The highest BCUT2D eigenvalue weighted by Crippen LogP contribution is 2.71. The highest BCUT2D eigenvalue weighted by Gasteiger charge is 2.46. The van der Waals surface area contributed by atoms with E-state index < -0.39 is 50.1 Å². The van der Waals surface area contributed by atoms with Crippen LogP contribution in [0.15, 0.2) is 0 Å². The van der Waals surface area contributed by atoms with E-state index in [0.29, 0.717) is 13.0 Å². The minimum absolute atomic E-state index is 0.282. The predicted octanol–water partition coefficient (Wildman–Crippen LogP) is 2.98. The molecule has 1 saturated heterocycles. The van der Waals surface area contributed by atoms with E-state index >= 15 is 0 Å². The van der Waals surface area contributed by atoms with Crippen molar-refractivity contribution in [2.75, 3.05) is 13.7 Å². The molecular weight excluding hydrogens is 532 g/mol. The minimum Gasteiger partial charge on any atom is -0.390 e. The maximum absolute atomic E-state index is 12.0. The van der Waals surface area contributed by atoms with Gasteiger partial charge in [-0.25, -0.2) is 18.3 Å². The lowest BCUT2D eigenvalue weighted by Gasteiger charge is -2.21. The van der Waals surface area contributed by atoms with Crippen LogP contribution >= 0.6 is 31.3 Å². The summed E-state index contributed by atoms with van der Waals surface area (Å²) in [6.45, 7) is -0.696. The molecule has 1 aliphatic heterocycles. The molecule has 2 aliphatic rings. The molecule has 0 aromatic heterocycles. The summed E-state index contributed by atoms with van der Waals surface area (Å²) < 4.78 is 71.8. The van der Waals surface area contributed by atoms with Crippen molar-refractivity contribution in [3.63, 3.8) is 0 Å². The second-order valence-corrected chi connectivity index (χ2v) is 14.1. The van der Waals surface area contributed by atoms with Gasteiger partial charge in [-0.05, 0) is 12.3 Å². The lowest BCUT2D eigenvalue weighted by Crippen LogP contribution is -2.26. The Kier molecular flexibility index (Phi) is 10.9. The number of aliphatic hydroxyl groups is 1. The fraction of sp³-hybridized carbons (Fsp3) is 1.00. The lowest BCUT2D eigenvalue weighted by atomic mass is 9.92. The summed E-state index contributed by atoms with van der Waals surface area (Å²) >= 11 is 0. The van der Waals surface area contributed by atoms with Crippen LogP contribution in [0.3, 0.4) is 0 Å². The van der Waals surface area contributed by atoms with E-state index in [9.17, 15) is 38.0 Å². The predicted molar refractivity (Wildman–Crippen MR) is 111 cm³/mol. The minimum atomic E-state index is -5.82. The first-order chi connectivity index (χ1) is 15.1. The number of phosphoric acid groups is 4. The van der Waals surface area contributed by atoms with Crippen LogP contribution in [-0.2, 0) is 45.0 Å². The van der Waals surface area contributed by atoms with Crippen molar-refractivity contribution in [1.29, 1.82) is 0 Å². The summed E-state index contributed by atoms with van der Waals surface area (Å²) in [5, 5.41) is 10.2. The van der Waals surface area contributed by atoms with Gasteiger partial charge in [0.15, 0.2) is 0 Å². The topological polar surface area (TPSA) is 225 Å². The Labute approximate surface area is 190 Å². The zero-order valence-corrected chi connectivity index (χ0v) is 21.4. The summed E-state index contributed by atoms with van der Waals surface area (Å²) in [4.78, 5) is 37.3. The van der Waals surface area contributed by atoms with Crippen LogP contribution < -0.4 is 0 Å². The van der Waals surface area contributed by atoms with Gasteiger partial charge in [-0.2, -0.15) is 12.9 Å². The Balaban J connectivity index is 1.85. The van der Waals surface area contributed by atoms with Gasteiger partial charge in [0.05, 0.1) is 18.8 Å². The SMILES string of the molecule is COP(=O)(O)OP(=O)(O)OP(=O)(O)OP(=O)(O)OC[C@H]1O[C@@H](CC2CCCCCC2)CC1O. The zero-order chi connectivity index (χ0) is 24.9. The van der Waals surface area contributed by atoms with E-state index in [2.05, 4.69) is 22.0 Å². The van der Waals surface area contributed by atoms with E-state index in [-0.39, 0.29) is 12.5 Å². The normalized spacial score (nSPS) is 32.2.